The molecule has 0 aliphatic carbocycles. The minimum Gasteiger partial charge on any atom is -0.376 e. The van der Waals surface area contributed by atoms with Crippen molar-refractivity contribution in [2.24, 2.45) is 0 Å². The van der Waals surface area contributed by atoms with E-state index in [9.17, 15) is 4.79 Å². The first-order valence-electron chi connectivity index (χ1n) is 7.34. The molecule has 22 heavy (non-hydrogen) atoms. The number of anilines is 1. The molecular formula is C16H21N3O2S. The highest BCUT2D eigenvalue weighted by Gasteiger charge is 2.16. The summed E-state index contributed by atoms with van der Waals surface area (Å²) in [5, 5.41) is 9.41. The van der Waals surface area contributed by atoms with Crippen LogP contribution in [0.3, 0.4) is 0 Å². The first-order chi connectivity index (χ1) is 10.7. The van der Waals surface area contributed by atoms with Gasteiger partial charge in [-0.05, 0) is 43.3 Å². The van der Waals surface area contributed by atoms with Crippen LogP contribution < -0.4 is 16.0 Å². The predicted molar refractivity (Wildman–Crippen MR) is 92.2 cm³/mol. The summed E-state index contributed by atoms with van der Waals surface area (Å²) in [5.41, 5.74) is 1.36. The van der Waals surface area contributed by atoms with Gasteiger partial charge in [0.05, 0.1) is 6.10 Å². The largest absolute Gasteiger partial charge is 0.376 e. The van der Waals surface area contributed by atoms with Gasteiger partial charge in [-0.3, -0.25) is 4.79 Å². The van der Waals surface area contributed by atoms with Crippen LogP contribution in [0.2, 0.25) is 0 Å². The Hall–Kier alpha value is -1.92. The van der Waals surface area contributed by atoms with Gasteiger partial charge in [-0.15, -0.1) is 6.58 Å². The molecule has 1 heterocycles. The minimum atomic E-state index is -0.107. The van der Waals surface area contributed by atoms with Crippen LogP contribution in [0.25, 0.3) is 0 Å². The van der Waals surface area contributed by atoms with E-state index in [1.54, 1.807) is 18.2 Å². The highest BCUT2D eigenvalue weighted by atomic mass is 32.1. The van der Waals surface area contributed by atoms with Crippen molar-refractivity contribution in [1.82, 2.24) is 10.6 Å². The lowest BCUT2D eigenvalue weighted by molar-refractivity contribution is 0.0858. The van der Waals surface area contributed by atoms with E-state index in [0.29, 0.717) is 23.8 Å². The maximum absolute atomic E-state index is 12.2. The van der Waals surface area contributed by atoms with E-state index in [-0.39, 0.29) is 12.0 Å². The van der Waals surface area contributed by atoms with Crippen LogP contribution in [0.5, 0.6) is 0 Å². The summed E-state index contributed by atoms with van der Waals surface area (Å²) in [6, 6.07) is 7.22. The maximum atomic E-state index is 12.2. The fraction of sp³-hybridized carbons (Fsp3) is 0.375. The highest BCUT2D eigenvalue weighted by Crippen LogP contribution is 2.13. The molecule has 1 atom stereocenters. The van der Waals surface area contributed by atoms with E-state index in [4.69, 9.17) is 17.0 Å². The molecular weight excluding hydrogens is 298 g/mol. The third kappa shape index (κ3) is 5.13. The quantitative estimate of drug-likeness (QED) is 0.553. The number of hydrogen-bond acceptors (Lipinski definition) is 3. The van der Waals surface area contributed by atoms with Crippen LogP contribution in [0, 0.1) is 0 Å². The summed E-state index contributed by atoms with van der Waals surface area (Å²) in [5.74, 6) is -0.107. The van der Waals surface area contributed by atoms with Gasteiger partial charge < -0.3 is 20.7 Å². The summed E-state index contributed by atoms with van der Waals surface area (Å²) in [6.45, 7) is 5.55. The van der Waals surface area contributed by atoms with Gasteiger partial charge in [0.1, 0.15) is 0 Å². The lowest BCUT2D eigenvalue weighted by Gasteiger charge is -2.12. The Morgan fingerprint density at radius 1 is 1.45 bits per heavy atom. The van der Waals surface area contributed by atoms with Gasteiger partial charge in [-0.1, -0.05) is 12.1 Å². The molecule has 0 saturated carbocycles. The van der Waals surface area contributed by atoms with E-state index < -0.39 is 0 Å². The smallest absolute Gasteiger partial charge is 0.251 e. The number of thiocarbonyl (C=S) groups is 1. The average Bonchev–Trinajstić information content (AvgIpc) is 3.04. The van der Waals surface area contributed by atoms with Gasteiger partial charge in [0.15, 0.2) is 5.11 Å². The Labute approximate surface area is 136 Å². The van der Waals surface area contributed by atoms with E-state index in [1.165, 1.54) is 0 Å². The van der Waals surface area contributed by atoms with E-state index in [2.05, 4.69) is 22.5 Å². The Bertz CT molecular complexity index is 542. The number of carbonyl (C=O) groups excluding carboxylic acids is 1. The molecule has 0 spiro atoms. The zero-order valence-corrected chi connectivity index (χ0v) is 13.2. The Morgan fingerprint density at radius 2 is 2.32 bits per heavy atom. The van der Waals surface area contributed by atoms with Crippen LogP contribution in [-0.4, -0.2) is 36.8 Å². The summed E-state index contributed by atoms with van der Waals surface area (Å²) < 4.78 is 5.49. The number of rotatable bonds is 6. The van der Waals surface area contributed by atoms with Gasteiger partial charge in [0.2, 0.25) is 0 Å². The maximum Gasteiger partial charge on any atom is 0.251 e. The Morgan fingerprint density at radius 3 is 3.05 bits per heavy atom. The molecule has 0 bridgehead atoms. The molecule has 3 N–H and O–H groups in total. The molecule has 0 aromatic heterocycles. The second-order valence-electron chi connectivity index (χ2n) is 5.05. The van der Waals surface area contributed by atoms with Crippen LogP contribution in [0.1, 0.15) is 23.2 Å². The molecule has 1 unspecified atom stereocenters. The molecule has 1 aromatic rings. The first kappa shape index (κ1) is 16.5. The van der Waals surface area contributed by atoms with Crippen LogP contribution in [-0.2, 0) is 4.74 Å². The highest BCUT2D eigenvalue weighted by molar-refractivity contribution is 7.80. The van der Waals surface area contributed by atoms with Gasteiger partial charge in [0, 0.05) is 30.9 Å². The van der Waals surface area contributed by atoms with Crippen molar-refractivity contribution >= 4 is 28.9 Å². The number of amides is 1. The molecule has 1 aliphatic rings. The van der Waals surface area contributed by atoms with Crippen LogP contribution >= 0.6 is 12.2 Å². The monoisotopic (exact) mass is 319 g/mol. The zero-order valence-electron chi connectivity index (χ0n) is 12.4. The molecule has 0 radical (unpaired) electrons. The number of carbonyl (C=O) groups is 1. The molecule has 1 aliphatic heterocycles. The van der Waals surface area contributed by atoms with Crippen molar-refractivity contribution in [1.29, 1.82) is 0 Å². The molecule has 1 aromatic carbocycles. The Balaban J connectivity index is 1.87. The van der Waals surface area contributed by atoms with E-state index >= 15 is 0 Å². The average molecular weight is 319 g/mol. The molecule has 1 saturated heterocycles. The first-order valence-corrected chi connectivity index (χ1v) is 7.75. The Kier molecular flexibility index (Phi) is 6.36. The van der Waals surface area contributed by atoms with Gasteiger partial charge >= 0.3 is 0 Å². The normalized spacial score (nSPS) is 16.8. The van der Waals surface area contributed by atoms with Crippen molar-refractivity contribution in [2.75, 3.05) is 25.0 Å². The fourth-order valence-corrected chi connectivity index (χ4v) is 2.39. The van der Waals surface area contributed by atoms with Crippen LogP contribution in [0.15, 0.2) is 36.9 Å². The minimum absolute atomic E-state index is 0.107. The fourth-order valence-electron chi connectivity index (χ4n) is 2.19. The molecule has 5 nitrogen and oxygen atoms in total. The van der Waals surface area contributed by atoms with Crippen molar-refractivity contribution < 1.29 is 9.53 Å². The number of hydrogen-bond donors (Lipinski definition) is 3. The summed E-state index contributed by atoms with van der Waals surface area (Å²) in [6.07, 6.45) is 3.93. The van der Waals surface area contributed by atoms with Crippen molar-refractivity contribution in [3.8, 4) is 0 Å². The molecule has 6 heteroatoms. The lowest BCUT2D eigenvalue weighted by Crippen LogP contribution is -2.32. The van der Waals surface area contributed by atoms with Crippen molar-refractivity contribution in [3.63, 3.8) is 0 Å². The second-order valence-corrected chi connectivity index (χ2v) is 5.46. The van der Waals surface area contributed by atoms with Crippen LogP contribution in [0.4, 0.5) is 5.69 Å². The summed E-state index contributed by atoms with van der Waals surface area (Å²) >= 11 is 5.15. The van der Waals surface area contributed by atoms with Crippen molar-refractivity contribution in [2.45, 2.75) is 18.9 Å². The molecule has 1 fully saturated rings. The number of ether oxygens (including phenoxy) is 1. The zero-order chi connectivity index (χ0) is 15.8. The molecule has 118 valence electrons. The third-order valence-electron chi connectivity index (χ3n) is 3.30. The standard InChI is InChI=1S/C16H21N3O2S/c1-2-8-17-16(22)19-13-6-3-5-12(10-13)15(20)18-11-14-7-4-9-21-14/h2-3,5-6,10,14H,1,4,7-9,11H2,(H,18,20)(H2,17,19,22). The number of nitrogens with one attached hydrogen (secondary N) is 3. The lowest BCUT2D eigenvalue weighted by atomic mass is 10.2. The summed E-state index contributed by atoms with van der Waals surface area (Å²) in [4.78, 5) is 12.2. The van der Waals surface area contributed by atoms with Gasteiger partial charge in [-0.2, -0.15) is 0 Å². The third-order valence-corrected chi connectivity index (χ3v) is 3.55. The van der Waals surface area contributed by atoms with Gasteiger partial charge in [0.25, 0.3) is 5.91 Å². The van der Waals surface area contributed by atoms with E-state index in [1.807, 2.05) is 12.1 Å². The molecule has 1 amide bonds. The van der Waals surface area contributed by atoms with E-state index in [0.717, 1.165) is 25.1 Å². The SMILES string of the molecule is C=CCNC(=S)Nc1cccc(C(=O)NCC2CCCO2)c1. The van der Waals surface area contributed by atoms with Crippen molar-refractivity contribution in [3.05, 3.63) is 42.5 Å². The van der Waals surface area contributed by atoms with Gasteiger partial charge in [-0.25, -0.2) is 0 Å². The topological polar surface area (TPSA) is 62.4 Å². The number of benzene rings is 1. The molecule has 2 rings (SSSR count). The second kappa shape index (κ2) is 8.51. The predicted octanol–water partition coefficient (Wildman–Crippen LogP) is 2.07. The summed E-state index contributed by atoms with van der Waals surface area (Å²) in [7, 11) is 0.